The summed E-state index contributed by atoms with van der Waals surface area (Å²) in [7, 11) is 0. The fourth-order valence-corrected chi connectivity index (χ4v) is 3.47. The second kappa shape index (κ2) is 5.37. The van der Waals surface area contributed by atoms with Crippen LogP contribution in [0.5, 0.6) is 5.75 Å². The Bertz CT molecular complexity index is 399. The van der Waals surface area contributed by atoms with Crippen molar-refractivity contribution in [1.29, 1.82) is 0 Å². The first kappa shape index (κ1) is 12.7. The van der Waals surface area contributed by atoms with Crippen molar-refractivity contribution in [2.24, 2.45) is 0 Å². The van der Waals surface area contributed by atoms with Gasteiger partial charge in [0.25, 0.3) is 0 Å². The first-order valence-electron chi connectivity index (χ1n) is 6.90. The highest BCUT2D eigenvalue weighted by Crippen LogP contribution is 2.34. The standard InChI is InChI=1S/C15H20INO/c1-11-3-2-8-17(11)13-9-15(10-13)18-14-6-4-12(16)5-7-14/h4-7,11,13,15H,2-3,8-10H2,1H3/t11-,13-,15-/m0/s1. The van der Waals surface area contributed by atoms with Gasteiger partial charge in [-0.1, -0.05) is 0 Å². The van der Waals surface area contributed by atoms with Crippen LogP contribution in [0.4, 0.5) is 0 Å². The van der Waals surface area contributed by atoms with Crippen molar-refractivity contribution < 1.29 is 4.74 Å². The lowest BCUT2D eigenvalue weighted by atomic mass is 9.87. The van der Waals surface area contributed by atoms with Gasteiger partial charge in [0, 0.05) is 28.5 Å². The van der Waals surface area contributed by atoms with Gasteiger partial charge in [0.2, 0.25) is 0 Å². The van der Waals surface area contributed by atoms with E-state index in [1.807, 2.05) is 0 Å². The van der Waals surface area contributed by atoms with E-state index >= 15 is 0 Å². The van der Waals surface area contributed by atoms with E-state index in [-0.39, 0.29) is 0 Å². The Morgan fingerprint density at radius 2 is 1.94 bits per heavy atom. The average Bonchev–Trinajstić information content (AvgIpc) is 2.72. The van der Waals surface area contributed by atoms with Gasteiger partial charge < -0.3 is 4.74 Å². The van der Waals surface area contributed by atoms with E-state index in [1.165, 1.54) is 35.8 Å². The first-order chi connectivity index (χ1) is 8.72. The third-order valence-electron chi connectivity index (χ3n) is 4.26. The van der Waals surface area contributed by atoms with Crippen molar-refractivity contribution in [3.05, 3.63) is 27.8 Å². The fourth-order valence-electron chi connectivity index (χ4n) is 3.11. The largest absolute Gasteiger partial charge is 0.490 e. The van der Waals surface area contributed by atoms with Crippen LogP contribution >= 0.6 is 22.6 Å². The lowest BCUT2D eigenvalue weighted by Crippen LogP contribution is -2.50. The third-order valence-corrected chi connectivity index (χ3v) is 4.98. The Hall–Kier alpha value is -0.290. The minimum absolute atomic E-state index is 0.433. The first-order valence-corrected chi connectivity index (χ1v) is 7.98. The number of rotatable bonds is 3. The average molecular weight is 357 g/mol. The second-order valence-corrected chi connectivity index (χ2v) is 6.79. The smallest absolute Gasteiger partial charge is 0.119 e. The van der Waals surface area contributed by atoms with Crippen LogP contribution in [0.2, 0.25) is 0 Å². The van der Waals surface area contributed by atoms with Gasteiger partial charge in [-0.15, -0.1) is 0 Å². The zero-order chi connectivity index (χ0) is 12.5. The van der Waals surface area contributed by atoms with Crippen molar-refractivity contribution in [1.82, 2.24) is 4.90 Å². The minimum atomic E-state index is 0.433. The van der Waals surface area contributed by atoms with Gasteiger partial charge in [-0.2, -0.15) is 0 Å². The summed E-state index contributed by atoms with van der Waals surface area (Å²) >= 11 is 2.32. The van der Waals surface area contributed by atoms with Crippen molar-refractivity contribution in [2.75, 3.05) is 6.54 Å². The predicted octanol–water partition coefficient (Wildman–Crippen LogP) is 3.69. The lowest BCUT2D eigenvalue weighted by molar-refractivity contribution is 0.0141. The van der Waals surface area contributed by atoms with Crippen LogP contribution in [0, 0.1) is 3.57 Å². The van der Waals surface area contributed by atoms with E-state index < -0.39 is 0 Å². The molecule has 1 aliphatic carbocycles. The van der Waals surface area contributed by atoms with Crippen LogP contribution in [0.15, 0.2) is 24.3 Å². The number of hydrogen-bond acceptors (Lipinski definition) is 2. The van der Waals surface area contributed by atoms with Crippen LogP contribution in [0.1, 0.15) is 32.6 Å². The second-order valence-electron chi connectivity index (χ2n) is 5.55. The van der Waals surface area contributed by atoms with Crippen LogP contribution in [0.25, 0.3) is 0 Å². The Balaban J connectivity index is 1.49. The zero-order valence-electron chi connectivity index (χ0n) is 10.8. The van der Waals surface area contributed by atoms with Gasteiger partial charge in [0.15, 0.2) is 0 Å². The molecule has 18 heavy (non-hydrogen) atoms. The number of likely N-dealkylation sites (tertiary alicyclic amines) is 1. The quantitative estimate of drug-likeness (QED) is 0.766. The Kier molecular flexibility index (Phi) is 3.80. The van der Waals surface area contributed by atoms with Crippen molar-refractivity contribution in [3.8, 4) is 5.75 Å². The van der Waals surface area contributed by atoms with Crippen LogP contribution in [-0.2, 0) is 0 Å². The van der Waals surface area contributed by atoms with Gasteiger partial charge >= 0.3 is 0 Å². The molecule has 0 radical (unpaired) electrons. The fraction of sp³-hybridized carbons (Fsp3) is 0.600. The maximum Gasteiger partial charge on any atom is 0.119 e. The molecule has 0 aromatic heterocycles. The van der Waals surface area contributed by atoms with Crippen molar-refractivity contribution >= 4 is 22.6 Å². The van der Waals surface area contributed by atoms with Crippen LogP contribution < -0.4 is 4.74 Å². The summed E-state index contributed by atoms with van der Waals surface area (Å²) in [5.74, 6) is 1.02. The maximum absolute atomic E-state index is 6.00. The number of ether oxygens (including phenoxy) is 1. The maximum atomic E-state index is 6.00. The Morgan fingerprint density at radius 3 is 2.56 bits per heavy atom. The molecular weight excluding hydrogens is 337 g/mol. The molecular formula is C15H20INO. The molecule has 0 spiro atoms. The number of benzene rings is 1. The van der Waals surface area contributed by atoms with E-state index in [2.05, 4.69) is 58.7 Å². The molecule has 1 aliphatic heterocycles. The molecule has 3 rings (SSSR count). The molecule has 3 heteroatoms. The molecule has 98 valence electrons. The molecule has 0 N–H and O–H groups in total. The van der Waals surface area contributed by atoms with Gasteiger partial charge in [-0.25, -0.2) is 0 Å². The number of hydrogen-bond donors (Lipinski definition) is 0. The van der Waals surface area contributed by atoms with Gasteiger partial charge in [0.05, 0.1) is 0 Å². The molecule has 2 nitrogen and oxygen atoms in total. The molecule has 1 saturated heterocycles. The normalized spacial score (nSPS) is 32.2. The highest BCUT2D eigenvalue weighted by Gasteiger charge is 2.38. The van der Waals surface area contributed by atoms with Crippen LogP contribution in [0.3, 0.4) is 0 Å². The Morgan fingerprint density at radius 1 is 1.22 bits per heavy atom. The highest BCUT2D eigenvalue weighted by atomic mass is 127. The summed E-state index contributed by atoms with van der Waals surface area (Å²) in [6, 6.07) is 9.93. The summed E-state index contributed by atoms with van der Waals surface area (Å²) in [5.41, 5.74) is 0. The predicted molar refractivity (Wildman–Crippen MR) is 82.0 cm³/mol. The van der Waals surface area contributed by atoms with E-state index in [1.54, 1.807) is 0 Å². The molecule has 1 saturated carbocycles. The zero-order valence-corrected chi connectivity index (χ0v) is 13.0. The van der Waals surface area contributed by atoms with Gasteiger partial charge in [-0.3, -0.25) is 4.90 Å². The lowest BCUT2D eigenvalue weighted by Gasteiger charge is -2.42. The van der Waals surface area contributed by atoms with E-state index in [0.717, 1.165) is 17.8 Å². The molecule has 0 amide bonds. The van der Waals surface area contributed by atoms with E-state index in [4.69, 9.17) is 4.74 Å². The van der Waals surface area contributed by atoms with Gasteiger partial charge in [0.1, 0.15) is 11.9 Å². The summed E-state index contributed by atoms with van der Waals surface area (Å²) in [5, 5.41) is 0. The molecule has 1 aromatic rings. The van der Waals surface area contributed by atoms with Crippen molar-refractivity contribution in [3.63, 3.8) is 0 Å². The SMILES string of the molecule is C[C@H]1CCCN1[C@H]1C[C@H](Oc2ccc(I)cc2)C1. The molecule has 1 aromatic carbocycles. The van der Waals surface area contributed by atoms with Crippen molar-refractivity contribution in [2.45, 2.75) is 50.8 Å². The number of nitrogens with zero attached hydrogens (tertiary/aromatic N) is 1. The monoisotopic (exact) mass is 357 g/mol. The third kappa shape index (κ3) is 2.67. The summed E-state index contributed by atoms with van der Waals surface area (Å²) in [6.45, 7) is 3.66. The van der Waals surface area contributed by atoms with Gasteiger partial charge in [-0.05, 0) is 73.2 Å². The number of halogens is 1. The van der Waals surface area contributed by atoms with E-state index in [9.17, 15) is 0 Å². The summed E-state index contributed by atoms with van der Waals surface area (Å²) < 4.78 is 7.26. The summed E-state index contributed by atoms with van der Waals surface area (Å²) in [4.78, 5) is 2.67. The molecule has 1 atom stereocenters. The molecule has 0 unspecified atom stereocenters. The van der Waals surface area contributed by atoms with Crippen LogP contribution in [-0.4, -0.2) is 29.6 Å². The molecule has 1 heterocycles. The Labute approximate surface area is 123 Å². The highest BCUT2D eigenvalue weighted by molar-refractivity contribution is 14.1. The molecule has 2 aliphatic rings. The molecule has 2 fully saturated rings. The summed E-state index contributed by atoms with van der Waals surface area (Å²) in [6.07, 6.45) is 5.59. The topological polar surface area (TPSA) is 12.5 Å². The molecule has 0 bridgehead atoms. The minimum Gasteiger partial charge on any atom is -0.490 e. The van der Waals surface area contributed by atoms with E-state index in [0.29, 0.717) is 6.10 Å².